The van der Waals surface area contributed by atoms with Gasteiger partial charge in [-0.05, 0) is 18.1 Å². The van der Waals surface area contributed by atoms with Crippen LogP contribution in [0.1, 0.15) is 23.6 Å². The molecule has 6 nitrogen and oxygen atoms in total. The van der Waals surface area contributed by atoms with E-state index in [0.29, 0.717) is 0 Å². The molecule has 0 spiro atoms. The molecule has 1 aromatic heterocycles. The van der Waals surface area contributed by atoms with Crippen molar-refractivity contribution in [1.29, 1.82) is 0 Å². The molecule has 2 aliphatic rings. The molecular formula is C19H25FIN5O. The number of nitrogens with zero attached hydrogens (tertiary/aromatic N) is 4. The van der Waals surface area contributed by atoms with Crippen molar-refractivity contribution in [2.24, 2.45) is 4.99 Å². The molecule has 1 saturated heterocycles. The highest BCUT2D eigenvalue weighted by atomic mass is 127. The van der Waals surface area contributed by atoms with Gasteiger partial charge in [-0.25, -0.2) is 4.39 Å². The summed E-state index contributed by atoms with van der Waals surface area (Å²) < 4.78 is 18.8. The van der Waals surface area contributed by atoms with Crippen LogP contribution in [-0.4, -0.2) is 60.2 Å². The number of piperazine rings is 1. The van der Waals surface area contributed by atoms with Crippen molar-refractivity contribution >= 4 is 29.9 Å². The number of aromatic nitrogens is 1. The van der Waals surface area contributed by atoms with E-state index < -0.39 is 0 Å². The van der Waals surface area contributed by atoms with Crippen LogP contribution in [0.3, 0.4) is 0 Å². The van der Waals surface area contributed by atoms with E-state index in [1.54, 1.807) is 12.3 Å². The number of nitrogens with one attached hydrogen (secondary N) is 1. The van der Waals surface area contributed by atoms with E-state index in [2.05, 4.69) is 25.3 Å². The summed E-state index contributed by atoms with van der Waals surface area (Å²) in [6.07, 6.45) is 2.56. The summed E-state index contributed by atoms with van der Waals surface area (Å²) in [5.74, 6) is 1.04. The van der Waals surface area contributed by atoms with Gasteiger partial charge in [0.2, 0.25) is 0 Å². The lowest BCUT2D eigenvalue weighted by Gasteiger charge is -2.36. The van der Waals surface area contributed by atoms with Crippen LogP contribution in [-0.2, 0) is 6.54 Å². The lowest BCUT2D eigenvalue weighted by atomic mass is 10.1. The maximum Gasteiger partial charge on any atom is 0.193 e. The van der Waals surface area contributed by atoms with Gasteiger partial charge in [0.15, 0.2) is 5.96 Å². The molecule has 146 valence electrons. The van der Waals surface area contributed by atoms with Crippen molar-refractivity contribution in [3.05, 3.63) is 53.7 Å². The molecule has 0 amide bonds. The van der Waals surface area contributed by atoms with Gasteiger partial charge in [-0.1, -0.05) is 23.4 Å². The van der Waals surface area contributed by atoms with Crippen LogP contribution in [0.2, 0.25) is 0 Å². The average molecular weight is 485 g/mol. The summed E-state index contributed by atoms with van der Waals surface area (Å²) in [4.78, 5) is 9.07. The van der Waals surface area contributed by atoms with Crippen molar-refractivity contribution in [2.75, 3.05) is 33.2 Å². The Balaban J connectivity index is 0.00000210. The average Bonchev–Trinajstić information content (AvgIpc) is 3.23. The van der Waals surface area contributed by atoms with Crippen LogP contribution < -0.4 is 5.32 Å². The quantitative estimate of drug-likeness (QED) is 0.410. The van der Waals surface area contributed by atoms with Crippen molar-refractivity contribution < 1.29 is 8.91 Å². The fourth-order valence-corrected chi connectivity index (χ4v) is 3.60. The lowest BCUT2D eigenvalue weighted by molar-refractivity contribution is 0.169. The Morgan fingerprint density at radius 2 is 2.04 bits per heavy atom. The van der Waals surface area contributed by atoms with Crippen molar-refractivity contribution in [2.45, 2.75) is 24.9 Å². The van der Waals surface area contributed by atoms with Gasteiger partial charge in [-0.3, -0.25) is 9.89 Å². The molecule has 4 rings (SSSR count). The molecule has 1 N–H and O–H groups in total. The van der Waals surface area contributed by atoms with Crippen LogP contribution in [0.5, 0.6) is 0 Å². The number of guanidine groups is 1. The largest absolute Gasteiger partial charge is 0.364 e. The molecular weight excluding hydrogens is 460 g/mol. The van der Waals surface area contributed by atoms with Crippen LogP contribution in [0, 0.1) is 5.82 Å². The Morgan fingerprint density at radius 1 is 1.26 bits per heavy atom. The molecule has 0 radical (unpaired) electrons. The summed E-state index contributed by atoms with van der Waals surface area (Å²) in [5, 5.41) is 7.49. The predicted octanol–water partition coefficient (Wildman–Crippen LogP) is 2.68. The molecule has 2 atom stereocenters. The van der Waals surface area contributed by atoms with E-state index in [4.69, 9.17) is 4.52 Å². The van der Waals surface area contributed by atoms with E-state index in [1.165, 1.54) is 6.07 Å². The van der Waals surface area contributed by atoms with E-state index in [9.17, 15) is 4.39 Å². The third-order valence-electron chi connectivity index (χ3n) is 5.17. The van der Waals surface area contributed by atoms with Crippen LogP contribution in [0.25, 0.3) is 0 Å². The molecule has 2 heterocycles. The first-order chi connectivity index (χ1) is 12.7. The Kier molecular flexibility index (Phi) is 6.69. The maximum atomic E-state index is 13.9. The third kappa shape index (κ3) is 4.78. The predicted molar refractivity (Wildman–Crippen MR) is 113 cm³/mol. The summed E-state index contributed by atoms with van der Waals surface area (Å²) in [6, 6.07) is 9.22. The van der Waals surface area contributed by atoms with Crippen molar-refractivity contribution in [3.63, 3.8) is 0 Å². The Morgan fingerprint density at radius 3 is 2.70 bits per heavy atom. The number of halogens is 2. The molecule has 1 saturated carbocycles. The normalized spacial score (nSPS) is 23.0. The zero-order valence-corrected chi connectivity index (χ0v) is 17.7. The number of aliphatic imine (C=N–C) groups is 1. The van der Waals surface area contributed by atoms with Crippen molar-refractivity contribution in [3.8, 4) is 0 Å². The molecule has 27 heavy (non-hydrogen) atoms. The minimum Gasteiger partial charge on any atom is -0.364 e. The third-order valence-corrected chi connectivity index (χ3v) is 5.17. The molecule has 0 bridgehead atoms. The van der Waals surface area contributed by atoms with Gasteiger partial charge < -0.3 is 14.7 Å². The highest BCUT2D eigenvalue weighted by Crippen LogP contribution is 2.41. The minimum absolute atomic E-state index is 0. The van der Waals surface area contributed by atoms with Gasteiger partial charge >= 0.3 is 0 Å². The highest BCUT2D eigenvalue weighted by molar-refractivity contribution is 14.0. The second-order valence-corrected chi connectivity index (χ2v) is 6.92. The highest BCUT2D eigenvalue weighted by Gasteiger charge is 2.41. The molecule has 2 aromatic rings. The number of benzene rings is 1. The summed E-state index contributed by atoms with van der Waals surface area (Å²) in [6.45, 7) is 4.54. The van der Waals surface area contributed by atoms with E-state index in [1.807, 2.05) is 25.2 Å². The minimum atomic E-state index is -0.113. The Bertz CT molecular complexity index is 761. The summed E-state index contributed by atoms with van der Waals surface area (Å²) >= 11 is 0. The van der Waals surface area contributed by atoms with E-state index in [0.717, 1.165) is 56.4 Å². The molecule has 1 aromatic carbocycles. The number of hydrogen-bond acceptors (Lipinski definition) is 4. The van der Waals surface area contributed by atoms with Crippen LogP contribution in [0.15, 0.2) is 46.1 Å². The van der Waals surface area contributed by atoms with Gasteiger partial charge in [0.05, 0.1) is 5.69 Å². The van der Waals surface area contributed by atoms with Gasteiger partial charge in [0.1, 0.15) is 12.1 Å². The van der Waals surface area contributed by atoms with Crippen LogP contribution in [0.4, 0.5) is 4.39 Å². The zero-order chi connectivity index (χ0) is 17.9. The first-order valence-electron chi connectivity index (χ1n) is 9.09. The van der Waals surface area contributed by atoms with Gasteiger partial charge in [-0.2, -0.15) is 0 Å². The fraction of sp³-hybridized carbons (Fsp3) is 0.474. The lowest BCUT2D eigenvalue weighted by Crippen LogP contribution is -2.52. The van der Waals surface area contributed by atoms with Gasteiger partial charge in [0.25, 0.3) is 0 Å². The fourth-order valence-electron chi connectivity index (χ4n) is 3.60. The zero-order valence-electron chi connectivity index (χ0n) is 15.3. The van der Waals surface area contributed by atoms with Gasteiger partial charge in [-0.15, -0.1) is 24.0 Å². The second-order valence-electron chi connectivity index (χ2n) is 6.92. The number of rotatable bonds is 4. The smallest absolute Gasteiger partial charge is 0.193 e. The maximum absolute atomic E-state index is 13.9. The Labute approximate surface area is 175 Å². The van der Waals surface area contributed by atoms with Gasteiger partial charge in [0, 0.05) is 57.8 Å². The molecule has 1 aliphatic carbocycles. The molecule has 1 aliphatic heterocycles. The summed E-state index contributed by atoms with van der Waals surface area (Å²) in [5.41, 5.74) is 1.77. The standard InChI is InChI=1S/C19H24FN5O.HI/c1-21-19(22-18-12-16(18)15-4-2-3-5-17(15)20)25-9-7-24(8-10-25)13-14-6-11-26-23-14;/h2-6,11,16,18H,7-10,12-13H2,1H3,(H,21,22);1H. The van der Waals surface area contributed by atoms with E-state index in [-0.39, 0.29) is 41.8 Å². The summed E-state index contributed by atoms with van der Waals surface area (Å²) in [7, 11) is 1.81. The molecule has 2 fully saturated rings. The Hall–Kier alpha value is -1.68. The SMILES string of the molecule is CN=C(NC1CC1c1ccccc1F)N1CCN(Cc2ccon2)CC1.I. The van der Waals surface area contributed by atoms with Crippen LogP contribution >= 0.6 is 24.0 Å². The monoisotopic (exact) mass is 485 g/mol. The second kappa shape index (κ2) is 9.01. The molecule has 2 unspecified atom stereocenters. The number of hydrogen-bond donors (Lipinski definition) is 1. The first-order valence-corrected chi connectivity index (χ1v) is 9.09. The topological polar surface area (TPSA) is 56.9 Å². The first kappa shape index (κ1) is 20.1. The van der Waals surface area contributed by atoms with E-state index >= 15 is 0 Å². The molecule has 8 heteroatoms. The van der Waals surface area contributed by atoms with Crippen molar-refractivity contribution in [1.82, 2.24) is 20.3 Å².